The van der Waals surface area contributed by atoms with Gasteiger partial charge in [-0.05, 0) is 30.7 Å². The van der Waals surface area contributed by atoms with Gasteiger partial charge in [-0.15, -0.1) is 10.2 Å². The topological polar surface area (TPSA) is 95.7 Å². The molecule has 1 aromatic heterocycles. The number of amides is 1. The third-order valence-corrected chi connectivity index (χ3v) is 4.39. The Balaban J connectivity index is 1.64. The quantitative estimate of drug-likeness (QED) is 0.624. The van der Waals surface area contributed by atoms with Gasteiger partial charge >= 0.3 is 0 Å². The fraction of sp³-hybridized carbons (Fsp3) is 0.286. The number of aromatic nitrogens is 2. The minimum Gasteiger partial charge on any atom is -0.493 e. The minimum absolute atomic E-state index is 0.275. The van der Waals surface area contributed by atoms with Gasteiger partial charge in [0.25, 0.3) is 5.91 Å². The van der Waals surface area contributed by atoms with Gasteiger partial charge in [-0.2, -0.15) is 0 Å². The average molecular weight is 397 g/mol. The second-order valence-electron chi connectivity index (χ2n) is 6.24. The Morgan fingerprint density at radius 2 is 1.72 bits per heavy atom. The molecule has 152 valence electrons. The maximum Gasteiger partial charge on any atom is 0.251 e. The first kappa shape index (κ1) is 20.2. The molecule has 0 spiro atoms. The van der Waals surface area contributed by atoms with E-state index in [2.05, 4.69) is 15.5 Å². The van der Waals surface area contributed by atoms with Crippen LogP contribution in [0.3, 0.4) is 0 Å². The molecular weight excluding hydrogens is 374 g/mol. The molecule has 1 N–H and O–H groups in total. The standard InChI is InChI=1S/C21H23N3O5/c1-13-7-5-6-8-15(13)21-24-23-18(29-21)9-10-22-20(25)14-11-16(26-2)19(28-4)17(12-14)27-3/h5-8,11-12H,9-10H2,1-4H3,(H,22,25). The van der Waals surface area contributed by atoms with Crippen molar-refractivity contribution in [3.05, 3.63) is 53.4 Å². The molecule has 8 heteroatoms. The minimum atomic E-state index is -0.275. The number of hydrogen-bond acceptors (Lipinski definition) is 7. The molecule has 2 aromatic carbocycles. The number of carbonyl (C=O) groups is 1. The second-order valence-corrected chi connectivity index (χ2v) is 6.24. The molecule has 29 heavy (non-hydrogen) atoms. The van der Waals surface area contributed by atoms with Crippen LogP contribution in [-0.4, -0.2) is 44.0 Å². The van der Waals surface area contributed by atoms with E-state index in [0.717, 1.165) is 11.1 Å². The highest BCUT2D eigenvalue weighted by Gasteiger charge is 2.17. The number of hydrogen-bond donors (Lipinski definition) is 1. The van der Waals surface area contributed by atoms with Crippen molar-refractivity contribution in [2.45, 2.75) is 13.3 Å². The van der Waals surface area contributed by atoms with E-state index < -0.39 is 0 Å². The average Bonchev–Trinajstić information content (AvgIpc) is 3.21. The number of aryl methyl sites for hydroxylation is 1. The van der Waals surface area contributed by atoms with Gasteiger partial charge in [-0.1, -0.05) is 18.2 Å². The van der Waals surface area contributed by atoms with Gasteiger partial charge in [-0.25, -0.2) is 0 Å². The number of benzene rings is 2. The fourth-order valence-corrected chi connectivity index (χ4v) is 2.87. The van der Waals surface area contributed by atoms with Crippen LogP contribution in [-0.2, 0) is 6.42 Å². The van der Waals surface area contributed by atoms with Gasteiger partial charge < -0.3 is 23.9 Å². The smallest absolute Gasteiger partial charge is 0.251 e. The number of methoxy groups -OCH3 is 3. The predicted octanol–water partition coefficient (Wildman–Crippen LogP) is 3.04. The molecule has 0 saturated heterocycles. The normalized spacial score (nSPS) is 10.5. The number of nitrogens with zero attached hydrogens (tertiary/aromatic N) is 2. The Hall–Kier alpha value is -3.55. The number of ether oxygens (including phenoxy) is 3. The molecule has 0 bridgehead atoms. The van der Waals surface area contributed by atoms with Crippen LogP contribution < -0.4 is 19.5 Å². The van der Waals surface area contributed by atoms with Crippen molar-refractivity contribution in [3.63, 3.8) is 0 Å². The van der Waals surface area contributed by atoms with Crippen LogP contribution >= 0.6 is 0 Å². The van der Waals surface area contributed by atoms with Crippen LogP contribution in [0.5, 0.6) is 17.2 Å². The summed E-state index contributed by atoms with van der Waals surface area (Å²) in [5, 5.41) is 11.0. The van der Waals surface area contributed by atoms with Crippen LogP contribution in [0.1, 0.15) is 21.8 Å². The van der Waals surface area contributed by atoms with Crippen LogP contribution in [0.15, 0.2) is 40.8 Å². The Morgan fingerprint density at radius 3 is 2.34 bits per heavy atom. The van der Waals surface area contributed by atoms with Crippen molar-refractivity contribution in [3.8, 4) is 28.7 Å². The van der Waals surface area contributed by atoms with Crippen molar-refractivity contribution < 1.29 is 23.4 Å². The molecule has 0 radical (unpaired) electrons. The predicted molar refractivity (Wildman–Crippen MR) is 107 cm³/mol. The van der Waals surface area contributed by atoms with E-state index in [1.54, 1.807) is 12.1 Å². The summed E-state index contributed by atoms with van der Waals surface area (Å²) in [5.74, 6) is 1.90. The zero-order chi connectivity index (χ0) is 20.8. The summed E-state index contributed by atoms with van der Waals surface area (Å²) in [4.78, 5) is 12.5. The number of nitrogens with one attached hydrogen (secondary N) is 1. The second kappa shape index (κ2) is 9.09. The van der Waals surface area contributed by atoms with Crippen LogP contribution in [0.2, 0.25) is 0 Å². The summed E-state index contributed by atoms with van der Waals surface area (Å²) in [6, 6.07) is 11.0. The molecule has 1 heterocycles. The van der Waals surface area contributed by atoms with Gasteiger partial charge in [0.2, 0.25) is 17.5 Å². The summed E-state index contributed by atoms with van der Waals surface area (Å²) in [6.07, 6.45) is 0.412. The van der Waals surface area contributed by atoms with E-state index in [9.17, 15) is 4.79 Å². The Kier molecular flexibility index (Phi) is 6.33. The molecule has 0 saturated carbocycles. The molecule has 3 rings (SSSR count). The summed E-state index contributed by atoms with van der Waals surface area (Å²) >= 11 is 0. The lowest BCUT2D eigenvalue weighted by Gasteiger charge is -2.14. The lowest BCUT2D eigenvalue weighted by molar-refractivity contribution is 0.0952. The van der Waals surface area contributed by atoms with Crippen molar-refractivity contribution in [1.29, 1.82) is 0 Å². The van der Waals surface area contributed by atoms with E-state index in [4.69, 9.17) is 18.6 Å². The zero-order valence-corrected chi connectivity index (χ0v) is 16.8. The molecule has 0 fully saturated rings. The van der Waals surface area contributed by atoms with Crippen molar-refractivity contribution in [1.82, 2.24) is 15.5 Å². The molecule has 0 aliphatic rings. The first-order chi connectivity index (χ1) is 14.1. The van der Waals surface area contributed by atoms with Gasteiger partial charge in [-0.3, -0.25) is 4.79 Å². The molecule has 0 unspecified atom stereocenters. The third-order valence-electron chi connectivity index (χ3n) is 4.39. The molecule has 3 aromatic rings. The number of carbonyl (C=O) groups excluding carboxylic acids is 1. The van der Waals surface area contributed by atoms with Crippen molar-refractivity contribution in [2.75, 3.05) is 27.9 Å². The maximum atomic E-state index is 12.5. The Labute approximate surface area is 168 Å². The van der Waals surface area contributed by atoms with E-state index in [1.807, 2.05) is 31.2 Å². The SMILES string of the molecule is COc1cc(C(=O)NCCc2nnc(-c3ccccc3C)o2)cc(OC)c1OC. The van der Waals surface area contributed by atoms with Gasteiger partial charge in [0.05, 0.1) is 21.3 Å². The summed E-state index contributed by atoms with van der Waals surface area (Å²) in [7, 11) is 4.51. The lowest BCUT2D eigenvalue weighted by atomic mass is 10.1. The number of rotatable bonds is 8. The fourth-order valence-electron chi connectivity index (χ4n) is 2.87. The monoisotopic (exact) mass is 397 g/mol. The van der Waals surface area contributed by atoms with Gasteiger partial charge in [0.15, 0.2) is 11.5 Å². The zero-order valence-electron chi connectivity index (χ0n) is 16.8. The van der Waals surface area contributed by atoms with E-state index in [1.165, 1.54) is 21.3 Å². The molecule has 0 aliphatic heterocycles. The third kappa shape index (κ3) is 4.48. The maximum absolute atomic E-state index is 12.5. The van der Waals surface area contributed by atoms with Gasteiger partial charge in [0, 0.05) is 24.1 Å². The molecule has 1 amide bonds. The molecule has 0 aliphatic carbocycles. The Bertz CT molecular complexity index is 974. The van der Waals surface area contributed by atoms with Crippen molar-refractivity contribution in [2.24, 2.45) is 0 Å². The molecule has 0 atom stereocenters. The van der Waals surface area contributed by atoms with E-state index in [-0.39, 0.29) is 5.91 Å². The van der Waals surface area contributed by atoms with Gasteiger partial charge in [0.1, 0.15) is 0 Å². The summed E-state index contributed by atoms with van der Waals surface area (Å²) in [6.45, 7) is 2.32. The van der Waals surface area contributed by atoms with E-state index >= 15 is 0 Å². The molecular formula is C21H23N3O5. The lowest BCUT2D eigenvalue weighted by Crippen LogP contribution is -2.25. The highest BCUT2D eigenvalue weighted by Crippen LogP contribution is 2.38. The highest BCUT2D eigenvalue weighted by molar-refractivity contribution is 5.95. The van der Waals surface area contributed by atoms with Crippen molar-refractivity contribution >= 4 is 5.91 Å². The van der Waals surface area contributed by atoms with Crippen LogP contribution in [0.25, 0.3) is 11.5 Å². The largest absolute Gasteiger partial charge is 0.493 e. The summed E-state index contributed by atoms with van der Waals surface area (Å²) in [5.41, 5.74) is 2.34. The Morgan fingerprint density at radius 1 is 1.03 bits per heavy atom. The first-order valence-corrected chi connectivity index (χ1v) is 9.04. The first-order valence-electron chi connectivity index (χ1n) is 9.04. The summed E-state index contributed by atoms with van der Waals surface area (Å²) < 4.78 is 21.5. The van der Waals surface area contributed by atoms with Crippen LogP contribution in [0, 0.1) is 6.92 Å². The van der Waals surface area contributed by atoms with Crippen LogP contribution in [0.4, 0.5) is 0 Å². The highest BCUT2D eigenvalue weighted by atomic mass is 16.5. The molecule has 8 nitrogen and oxygen atoms in total. The van der Waals surface area contributed by atoms with E-state index in [0.29, 0.717) is 47.6 Å².